The molecule has 6 nitrogen and oxygen atoms in total. The number of nitrogens with zero attached hydrogens (tertiary/aromatic N) is 1. The van der Waals surface area contributed by atoms with Crippen molar-refractivity contribution in [2.75, 3.05) is 13.1 Å². The van der Waals surface area contributed by atoms with Crippen molar-refractivity contribution in [3.63, 3.8) is 0 Å². The molecule has 1 aliphatic carbocycles. The Morgan fingerprint density at radius 2 is 1.55 bits per heavy atom. The van der Waals surface area contributed by atoms with Gasteiger partial charge in [-0.05, 0) is 63.0 Å². The molecule has 38 heavy (non-hydrogen) atoms. The molecule has 2 amide bonds. The van der Waals surface area contributed by atoms with Gasteiger partial charge in [0.25, 0.3) is 0 Å². The summed E-state index contributed by atoms with van der Waals surface area (Å²) in [4.78, 5) is 29.1. The SMILES string of the molecule is CC(C)(C)NC(=O)[C@@H]1C[C@@H]2CCCC[C@@H]2CN1C[C@@H](O)[C@@H](Cc1ccccc1)C(=O)NCc1ccccc1. The fraction of sp³-hybridized carbons (Fsp3) is 0.562. The summed E-state index contributed by atoms with van der Waals surface area (Å²) in [6, 6.07) is 19.4. The number of benzene rings is 2. The molecule has 0 unspecified atom stereocenters. The third kappa shape index (κ3) is 7.90. The van der Waals surface area contributed by atoms with Crippen LogP contribution in [0.3, 0.4) is 0 Å². The Bertz CT molecular complexity index is 1040. The molecule has 0 spiro atoms. The van der Waals surface area contributed by atoms with Crippen LogP contribution in [0.1, 0.15) is 64.0 Å². The van der Waals surface area contributed by atoms with Crippen molar-refractivity contribution in [2.45, 2.75) is 83.5 Å². The quantitative estimate of drug-likeness (QED) is 0.461. The van der Waals surface area contributed by atoms with Gasteiger partial charge >= 0.3 is 0 Å². The Morgan fingerprint density at radius 1 is 0.947 bits per heavy atom. The first-order valence-electron chi connectivity index (χ1n) is 14.3. The molecule has 0 bridgehead atoms. The highest BCUT2D eigenvalue weighted by atomic mass is 16.3. The van der Waals surface area contributed by atoms with Gasteiger partial charge in [0.1, 0.15) is 0 Å². The van der Waals surface area contributed by atoms with E-state index in [0.717, 1.165) is 24.1 Å². The molecule has 4 rings (SSSR count). The molecule has 1 heterocycles. The molecule has 2 aromatic carbocycles. The van der Waals surface area contributed by atoms with Crippen LogP contribution in [0.15, 0.2) is 60.7 Å². The van der Waals surface area contributed by atoms with Crippen molar-refractivity contribution in [2.24, 2.45) is 17.8 Å². The number of aliphatic hydroxyl groups excluding tert-OH is 1. The Kier molecular flexibility index (Phi) is 9.61. The molecular formula is C32H45N3O3. The van der Waals surface area contributed by atoms with E-state index in [1.165, 1.54) is 25.7 Å². The summed E-state index contributed by atoms with van der Waals surface area (Å²) in [5.74, 6) is 0.364. The molecule has 1 aliphatic heterocycles. The first-order chi connectivity index (χ1) is 18.2. The minimum absolute atomic E-state index is 0.0295. The van der Waals surface area contributed by atoms with Gasteiger partial charge in [-0.3, -0.25) is 14.5 Å². The summed E-state index contributed by atoms with van der Waals surface area (Å²) in [5, 5.41) is 17.8. The molecule has 0 aromatic heterocycles. The van der Waals surface area contributed by atoms with Gasteiger partial charge in [-0.2, -0.15) is 0 Å². The van der Waals surface area contributed by atoms with Gasteiger partial charge in [0.05, 0.1) is 18.1 Å². The van der Waals surface area contributed by atoms with E-state index in [1.54, 1.807) is 0 Å². The van der Waals surface area contributed by atoms with Crippen LogP contribution in [-0.2, 0) is 22.6 Å². The molecule has 1 saturated heterocycles. The Balaban J connectivity index is 1.51. The van der Waals surface area contributed by atoms with Crippen molar-refractivity contribution in [1.82, 2.24) is 15.5 Å². The monoisotopic (exact) mass is 519 g/mol. The van der Waals surface area contributed by atoms with Crippen LogP contribution in [0.5, 0.6) is 0 Å². The number of aliphatic hydroxyl groups is 1. The van der Waals surface area contributed by atoms with Gasteiger partial charge < -0.3 is 15.7 Å². The van der Waals surface area contributed by atoms with E-state index in [-0.39, 0.29) is 23.4 Å². The highest BCUT2D eigenvalue weighted by molar-refractivity contribution is 5.82. The number of hydrogen-bond donors (Lipinski definition) is 3. The maximum Gasteiger partial charge on any atom is 0.237 e. The first kappa shape index (κ1) is 28.3. The lowest BCUT2D eigenvalue weighted by Crippen LogP contribution is -2.59. The van der Waals surface area contributed by atoms with Crippen LogP contribution in [-0.4, -0.2) is 52.6 Å². The second-order valence-corrected chi connectivity index (χ2v) is 12.3. The number of amides is 2. The molecule has 1 saturated carbocycles. The van der Waals surface area contributed by atoms with E-state index in [9.17, 15) is 14.7 Å². The number of piperidine rings is 1. The van der Waals surface area contributed by atoms with Crippen molar-refractivity contribution in [3.05, 3.63) is 71.8 Å². The van der Waals surface area contributed by atoms with Crippen molar-refractivity contribution < 1.29 is 14.7 Å². The largest absolute Gasteiger partial charge is 0.391 e. The highest BCUT2D eigenvalue weighted by Gasteiger charge is 2.42. The summed E-state index contributed by atoms with van der Waals surface area (Å²) in [7, 11) is 0. The number of carbonyl (C=O) groups excluding carboxylic acids is 2. The highest BCUT2D eigenvalue weighted by Crippen LogP contribution is 2.39. The maximum atomic E-state index is 13.5. The smallest absolute Gasteiger partial charge is 0.237 e. The van der Waals surface area contributed by atoms with E-state index in [2.05, 4.69) is 15.5 Å². The van der Waals surface area contributed by atoms with E-state index in [1.807, 2.05) is 81.4 Å². The number of likely N-dealkylation sites (tertiary alicyclic amines) is 1. The molecule has 2 aromatic rings. The number of β-amino-alcohol motifs (C(OH)–C–C–N with tert-alkyl or cyclic N) is 1. The van der Waals surface area contributed by atoms with Gasteiger partial charge in [-0.25, -0.2) is 0 Å². The maximum absolute atomic E-state index is 13.5. The lowest BCUT2D eigenvalue weighted by molar-refractivity contribution is -0.134. The average molecular weight is 520 g/mol. The van der Waals surface area contributed by atoms with Gasteiger partial charge in [0, 0.05) is 25.2 Å². The van der Waals surface area contributed by atoms with Crippen molar-refractivity contribution >= 4 is 11.8 Å². The number of rotatable bonds is 9. The summed E-state index contributed by atoms with van der Waals surface area (Å²) in [6.07, 6.45) is 5.20. The zero-order chi connectivity index (χ0) is 27.1. The molecule has 3 N–H and O–H groups in total. The normalized spacial score (nSPS) is 23.6. The van der Waals surface area contributed by atoms with E-state index in [0.29, 0.717) is 31.3 Å². The van der Waals surface area contributed by atoms with Crippen LogP contribution in [0.4, 0.5) is 0 Å². The fourth-order valence-electron chi connectivity index (χ4n) is 6.18. The number of nitrogens with one attached hydrogen (secondary N) is 2. The Hall–Kier alpha value is -2.70. The summed E-state index contributed by atoms with van der Waals surface area (Å²) in [6.45, 7) is 7.53. The zero-order valence-electron chi connectivity index (χ0n) is 23.2. The van der Waals surface area contributed by atoms with Crippen LogP contribution in [0.2, 0.25) is 0 Å². The molecule has 5 atom stereocenters. The summed E-state index contributed by atoms with van der Waals surface area (Å²) >= 11 is 0. The van der Waals surface area contributed by atoms with Crippen molar-refractivity contribution in [3.8, 4) is 0 Å². The number of carbonyl (C=O) groups is 2. The first-order valence-corrected chi connectivity index (χ1v) is 14.3. The topological polar surface area (TPSA) is 81.7 Å². The molecule has 2 fully saturated rings. The Morgan fingerprint density at radius 3 is 2.18 bits per heavy atom. The fourth-order valence-corrected chi connectivity index (χ4v) is 6.18. The van der Waals surface area contributed by atoms with E-state index < -0.39 is 12.0 Å². The predicted octanol–water partition coefficient (Wildman–Crippen LogP) is 4.32. The molecular weight excluding hydrogens is 474 g/mol. The second-order valence-electron chi connectivity index (χ2n) is 12.3. The predicted molar refractivity (Wildman–Crippen MR) is 151 cm³/mol. The minimum Gasteiger partial charge on any atom is -0.391 e. The molecule has 0 radical (unpaired) electrons. The van der Waals surface area contributed by atoms with Crippen molar-refractivity contribution in [1.29, 1.82) is 0 Å². The molecule has 206 valence electrons. The third-order valence-corrected chi connectivity index (χ3v) is 8.13. The molecule has 2 aliphatic rings. The second kappa shape index (κ2) is 12.9. The lowest BCUT2D eigenvalue weighted by atomic mass is 9.72. The minimum atomic E-state index is -0.893. The van der Waals surface area contributed by atoms with E-state index in [4.69, 9.17) is 0 Å². The van der Waals surface area contributed by atoms with Crippen LogP contribution >= 0.6 is 0 Å². The lowest BCUT2D eigenvalue weighted by Gasteiger charge is -2.47. The summed E-state index contributed by atoms with van der Waals surface area (Å²) < 4.78 is 0. The van der Waals surface area contributed by atoms with Gasteiger partial charge in [-0.1, -0.05) is 79.9 Å². The zero-order valence-corrected chi connectivity index (χ0v) is 23.2. The standard InChI is InChI=1S/C32H45N3O3/c1-32(2,3)34-31(38)28-19-25-16-10-11-17-26(25)21-35(28)22-29(36)27(18-23-12-6-4-7-13-23)30(37)33-20-24-14-8-5-9-15-24/h4-9,12-15,25-29,36H,10-11,16-22H2,1-3H3,(H,33,37)(H,34,38)/t25-,26+,27+,28-,29+/m0/s1. The van der Waals surface area contributed by atoms with Crippen LogP contribution < -0.4 is 10.6 Å². The molecule has 6 heteroatoms. The van der Waals surface area contributed by atoms with Crippen LogP contribution in [0.25, 0.3) is 0 Å². The third-order valence-electron chi connectivity index (χ3n) is 8.13. The number of hydrogen-bond acceptors (Lipinski definition) is 4. The summed E-state index contributed by atoms with van der Waals surface area (Å²) in [5.41, 5.74) is 1.71. The average Bonchev–Trinajstić information content (AvgIpc) is 2.90. The van der Waals surface area contributed by atoms with Gasteiger partial charge in [-0.15, -0.1) is 0 Å². The van der Waals surface area contributed by atoms with E-state index >= 15 is 0 Å². The van der Waals surface area contributed by atoms with Gasteiger partial charge in [0.15, 0.2) is 0 Å². The number of fused-ring (bicyclic) bond motifs is 1. The Labute approximate surface area is 228 Å². The van der Waals surface area contributed by atoms with Gasteiger partial charge in [0.2, 0.25) is 11.8 Å². The van der Waals surface area contributed by atoms with Crippen LogP contribution in [0, 0.1) is 17.8 Å².